The third-order valence-electron chi connectivity index (χ3n) is 5.16. The van der Waals surface area contributed by atoms with E-state index in [-0.39, 0.29) is 5.91 Å². The maximum Gasteiger partial charge on any atom is 0.259 e. The first kappa shape index (κ1) is 18.2. The number of H-pyrrole nitrogens is 1. The average molecular weight is 407 g/mol. The van der Waals surface area contributed by atoms with Gasteiger partial charge in [0.15, 0.2) is 11.6 Å². The number of rotatable bonds is 4. The van der Waals surface area contributed by atoms with E-state index in [9.17, 15) is 4.79 Å². The van der Waals surface area contributed by atoms with Gasteiger partial charge >= 0.3 is 0 Å². The number of piperazine rings is 1. The van der Waals surface area contributed by atoms with E-state index < -0.39 is 0 Å². The van der Waals surface area contributed by atoms with E-state index in [0.717, 1.165) is 11.2 Å². The van der Waals surface area contributed by atoms with Crippen molar-refractivity contribution in [1.82, 2.24) is 34.9 Å². The van der Waals surface area contributed by atoms with E-state index >= 15 is 0 Å². The van der Waals surface area contributed by atoms with Crippen molar-refractivity contribution in [3.05, 3.63) is 47.6 Å². The molecule has 11 heteroatoms. The lowest BCUT2D eigenvalue weighted by Gasteiger charge is -2.34. The SMILES string of the molecule is Cc1cc(Nc2nc(N3CCN(C(=O)c4cnoc4C)CC3)nn3cccc23)n[nH]1. The maximum absolute atomic E-state index is 12.7. The molecule has 0 aliphatic carbocycles. The van der Waals surface area contributed by atoms with Gasteiger partial charge in [-0.3, -0.25) is 9.89 Å². The summed E-state index contributed by atoms with van der Waals surface area (Å²) >= 11 is 0. The Labute approximate surface area is 171 Å². The number of amides is 1. The highest BCUT2D eigenvalue weighted by atomic mass is 16.5. The van der Waals surface area contributed by atoms with Crippen molar-refractivity contribution in [2.24, 2.45) is 0 Å². The third-order valence-corrected chi connectivity index (χ3v) is 5.16. The minimum absolute atomic E-state index is 0.0635. The van der Waals surface area contributed by atoms with Crippen LogP contribution in [0.3, 0.4) is 0 Å². The quantitative estimate of drug-likeness (QED) is 0.525. The summed E-state index contributed by atoms with van der Waals surface area (Å²) in [5.74, 6) is 2.44. The highest BCUT2D eigenvalue weighted by Gasteiger charge is 2.26. The second-order valence-electron chi connectivity index (χ2n) is 7.23. The molecule has 0 spiro atoms. The molecule has 1 fully saturated rings. The predicted molar refractivity (Wildman–Crippen MR) is 109 cm³/mol. The van der Waals surface area contributed by atoms with Gasteiger partial charge in [0, 0.05) is 44.1 Å². The van der Waals surface area contributed by atoms with Gasteiger partial charge in [0.1, 0.15) is 16.8 Å². The summed E-state index contributed by atoms with van der Waals surface area (Å²) in [5.41, 5.74) is 2.33. The van der Waals surface area contributed by atoms with E-state index in [4.69, 9.17) is 9.51 Å². The zero-order valence-electron chi connectivity index (χ0n) is 16.7. The van der Waals surface area contributed by atoms with Gasteiger partial charge in [0.05, 0.1) is 6.20 Å². The van der Waals surface area contributed by atoms with E-state index in [1.807, 2.05) is 31.3 Å². The van der Waals surface area contributed by atoms with Gasteiger partial charge in [-0.15, -0.1) is 5.10 Å². The van der Waals surface area contributed by atoms with Crippen molar-refractivity contribution < 1.29 is 9.32 Å². The Hall–Kier alpha value is -3.89. The van der Waals surface area contributed by atoms with Gasteiger partial charge in [0.2, 0.25) is 5.95 Å². The van der Waals surface area contributed by atoms with Crippen LogP contribution in [0.4, 0.5) is 17.6 Å². The van der Waals surface area contributed by atoms with E-state index in [1.54, 1.807) is 16.3 Å². The van der Waals surface area contributed by atoms with Crippen molar-refractivity contribution in [1.29, 1.82) is 0 Å². The van der Waals surface area contributed by atoms with Crippen LogP contribution in [0.25, 0.3) is 5.52 Å². The highest BCUT2D eigenvalue weighted by molar-refractivity contribution is 5.94. The Bertz CT molecular complexity index is 1200. The first-order valence-corrected chi connectivity index (χ1v) is 9.68. The van der Waals surface area contributed by atoms with Crippen molar-refractivity contribution in [2.45, 2.75) is 13.8 Å². The molecule has 30 heavy (non-hydrogen) atoms. The monoisotopic (exact) mass is 407 g/mol. The zero-order chi connectivity index (χ0) is 20.7. The van der Waals surface area contributed by atoms with Crippen LogP contribution in [0.1, 0.15) is 21.8 Å². The van der Waals surface area contributed by atoms with Crippen LogP contribution in [0.2, 0.25) is 0 Å². The first-order valence-electron chi connectivity index (χ1n) is 9.68. The number of anilines is 3. The Morgan fingerprint density at radius 1 is 1.23 bits per heavy atom. The van der Waals surface area contributed by atoms with Crippen LogP contribution in [0.15, 0.2) is 35.1 Å². The molecule has 0 unspecified atom stereocenters. The van der Waals surface area contributed by atoms with Crippen LogP contribution in [-0.4, -0.2) is 66.9 Å². The van der Waals surface area contributed by atoms with E-state index in [1.165, 1.54) is 6.20 Å². The lowest BCUT2D eigenvalue weighted by Crippen LogP contribution is -2.49. The number of hydrogen-bond donors (Lipinski definition) is 2. The minimum Gasteiger partial charge on any atom is -0.361 e. The van der Waals surface area contributed by atoms with Crippen LogP contribution in [0, 0.1) is 13.8 Å². The molecule has 11 nitrogen and oxygen atoms in total. The minimum atomic E-state index is -0.0635. The summed E-state index contributed by atoms with van der Waals surface area (Å²) in [5, 5.41) is 18.7. The summed E-state index contributed by atoms with van der Waals surface area (Å²) in [4.78, 5) is 21.3. The molecule has 2 N–H and O–H groups in total. The van der Waals surface area contributed by atoms with E-state index in [2.05, 4.69) is 30.7 Å². The lowest BCUT2D eigenvalue weighted by atomic mass is 10.2. The molecular weight excluding hydrogens is 386 g/mol. The maximum atomic E-state index is 12.7. The molecule has 0 bridgehead atoms. The standard InChI is InChI=1S/C19H21N9O2/c1-12-10-16(24-23-12)21-17-15-4-3-5-28(15)25-19(22-17)27-8-6-26(7-9-27)18(29)14-11-20-30-13(14)2/h3-5,10-11H,6-9H2,1-2H3,(H2,21,22,23,24,25). The Morgan fingerprint density at radius 2 is 2.07 bits per heavy atom. The number of hydrogen-bond acceptors (Lipinski definition) is 8. The highest BCUT2D eigenvalue weighted by Crippen LogP contribution is 2.23. The van der Waals surface area contributed by atoms with Crippen molar-refractivity contribution >= 4 is 29.0 Å². The largest absolute Gasteiger partial charge is 0.361 e. The number of fused-ring (bicyclic) bond motifs is 1. The van der Waals surface area contributed by atoms with Crippen LogP contribution < -0.4 is 10.2 Å². The average Bonchev–Trinajstić information content (AvgIpc) is 3.49. The number of aryl methyl sites for hydroxylation is 2. The van der Waals surface area contributed by atoms with Crippen LogP contribution in [0.5, 0.6) is 0 Å². The molecule has 5 heterocycles. The molecule has 0 saturated carbocycles. The molecule has 1 amide bonds. The number of carbonyl (C=O) groups excluding carboxylic acids is 1. The van der Waals surface area contributed by atoms with Crippen molar-refractivity contribution in [3.8, 4) is 0 Å². The van der Waals surface area contributed by atoms with Crippen molar-refractivity contribution in [3.63, 3.8) is 0 Å². The second-order valence-corrected chi connectivity index (χ2v) is 7.23. The second kappa shape index (κ2) is 7.17. The number of carbonyl (C=O) groups is 1. The Kier molecular flexibility index (Phi) is 4.34. The van der Waals surface area contributed by atoms with Gasteiger partial charge in [-0.2, -0.15) is 10.1 Å². The fraction of sp³-hybridized carbons (Fsp3) is 0.316. The molecule has 1 aliphatic heterocycles. The van der Waals surface area contributed by atoms with Crippen LogP contribution in [-0.2, 0) is 0 Å². The number of aromatic nitrogens is 6. The number of nitrogens with one attached hydrogen (secondary N) is 2. The summed E-state index contributed by atoms with van der Waals surface area (Å²) in [6.07, 6.45) is 3.36. The summed E-state index contributed by atoms with van der Waals surface area (Å²) in [7, 11) is 0. The van der Waals surface area contributed by atoms with Gasteiger partial charge in [-0.05, 0) is 26.0 Å². The van der Waals surface area contributed by atoms with Gasteiger partial charge in [-0.1, -0.05) is 5.16 Å². The Morgan fingerprint density at radius 3 is 2.77 bits per heavy atom. The topological polar surface area (TPSA) is 120 Å². The normalized spacial score (nSPS) is 14.5. The molecule has 0 radical (unpaired) electrons. The summed E-state index contributed by atoms with van der Waals surface area (Å²) in [6.45, 7) is 6.08. The molecule has 1 saturated heterocycles. The third kappa shape index (κ3) is 3.23. The van der Waals surface area contributed by atoms with E-state index in [0.29, 0.717) is 55.1 Å². The molecule has 0 atom stereocenters. The zero-order valence-corrected chi connectivity index (χ0v) is 16.7. The molecule has 4 aromatic heterocycles. The number of nitrogens with zero attached hydrogens (tertiary/aromatic N) is 7. The number of aromatic amines is 1. The molecule has 0 aromatic carbocycles. The smallest absolute Gasteiger partial charge is 0.259 e. The fourth-order valence-corrected chi connectivity index (χ4v) is 3.54. The predicted octanol–water partition coefficient (Wildman–Crippen LogP) is 1.76. The molecule has 154 valence electrons. The fourth-order valence-electron chi connectivity index (χ4n) is 3.54. The first-order chi connectivity index (χ1) is 14.6. The van der Waals surface area contributed by atoms with Gasteiger partial charge in [0.25, 0.3) is 5.91 Å². The van der Waals surface area contributed by atoms with Crippen LogP contribution >= 0.6 is 0 Å². The lowest BCUT2D eigenvalue weighted by molar-refractivity contribution is 0.0744. The molecule has 1 aliphatic rings. The Balaban J connectivity index is 1.35. The molecular formula is C19H21N9O2. The molecule has 4 aromatic rings. The van der Waals surface area contributed by atoms with Gasteiger partial charge < -0.3 is 19.6 Å². The molecule has 5 rings (SSSR count). The summed E-state index contributed by atoms with van der Waals surface area (Å²) in [6, 6.07) is 5.79. The van der Waals surface area contributed by atoms with Gasteiger partial charge in [-0.25, -0.2) is 4.52 Å². The van der Waals surface area contributed by atoms with Crippen molar-refractivity contribution in [2.75, 3.05) is 36.4 Å². The summed E-state index contributed by atoms with van der Waals surface area (Å²) < 4.78 is 6.81.